The highest BCUT2D eigenvalue weighted by atomic mass is 79.9. The molecule has 1 fully saturated rings. The topological polar surface area (TPSA) is 44.8 Å². The summed E-state index contributed by atoms with van der Waals surface area (Å²) in [4.78, 5) is 17.4. The zero-order valence-corrected chi connectivity index (χ0v) is 18.0. The van der Waals surface area contributed by atoms with Crippen LogP contribution in [0.1, 0.15) is 11.1 Å². The number of nitrogens with one attached hydrogen (secondary N) is 1. The van der Waals surface area contributed by atoms with Crippen molar-refractivity contribution in [2.75, 3.05) is 45.9 Å². The van der Waals surface area contributed by atoms with Crippen molar-refractivity contribution < 1.29 is 9.53 Å². The molecule has 2 aromatic carbocycles. The fourth-order valence-corrected chi connectivity index (χ4v) is 4.11. The second-order valence-electron chi connectivity index (χ2n) is 7.50. The van der Waals surface area contributed by atoms with Crippen LogP contribution in [0.3, 0.4) is 0 Å². The van der Waals surface area contributed by atoms with E-state index in [-0.39, 0.29) is 5.91 Å². The molecule has 1 saturated heterocycles. The Morgan fingerprint density at radius 3 is 2.59 bits per heavy atom. The average molecular weight is 456 g/mol. The zero-order valence-electron chi connectivity index (χ0n) is 16.4. The Bertz CT molecular complexity index is 877. The quantitative estimate of drug-likeness (QED) is 0.726. The molecule has 5 nitrogen and oxygen atoms in total. The molecule has 2 aliphatic rings. The minimum Gasteiger partial charge on any atom is -0.488 e. The molecule has 2 heterocycles. The SMILES string of the molecule is O=C(NCCN1CCN(Cc2ccccc2)CC1)C1=Cc2cc(Br)ccc2OC1. The number of rotatable bonds is 6. The number of ether oxygens (including phenoxy) is 1. The first kappa shape index (κ1) is 20.1. The van der Waals surface area contributed by atoms with E-state index in [1.807, 2.05) is 24.3 Å². The van der Waals surface area contributed by atoms with Crippen molar-refractivity contribution in [3.05, 3.63) is 69.7 Å². The normalized spacial score (nSPS) is 17.2. The third kappa shape index (κ3) is 5.47. The molecular weight excluding hydrogens is 430 g/mol. The number of nitrogens with zero attached hydrogens (tertiary/aromatic N) is 2. The van der Waals surface area contributed by atoms with Crippen LogP contribution in [0.4, 0.5) is 0 Å². The molecule has 1 N–H and O–H groups in total. The zero-order chi connectivity index (χ0) is 20.1. The van der Waals surface area contributed by atoms with Crippen molar-refractivity contribution in [3.8, 4) is 5.75 Å². The summed E-state index contributed by atoms with van der Waals surface area (Å²) in [6.07, 6.45) is 1.92. The molecule has 0 saturated carbocycles. The van der Waals surface area contributed by atoms with Gasteiger partial charge in [-0.25, -0.2) is 0 Å². The maximum absolute atomic E-state index is 12.5. The first-order valence-electron chi connectivity index (χ1n) is 10.1. The smallest absolute Gasteiger partial charge is 0.250 e. The Hall–Kier alpha value is -2.15. The van der Waals surface area contributed by atoms with Crippen LogP contribution in [0.15, 0.2) is 58.6 Å². The van der Waals surface area contributed by atoms with Crippen LogP contribution in [-0.2, 0) is 11.3 Å². The summed E-state index contributed by atoms with van der Waals surface area (Å²) < 4.78 is 6.68. The molecule has 0 aliphatic carbocycles. The van der Waals surface area contributed by atoms with Gasteiger partial charge in [0.1, 0.15) is 12.4 Å². The summed E-state index contributed by atoms with van der Waals surface area (Å²) in [7, 11) is 0. The van der Waals surface area contributed by atoms with Crippen LogP contribution in [0.2, 0.25) is 0 Å². The molecule has 0 bridgehead atoms. The molecule has 6 heteroatoms. The molecule has 0 atom stereocenters. The number of halogens is 1. The van der Waals surface area contributed by atoms with E-state index in [2.05, 4.69) is 61.4 Å². The lowest BCUT2D eigenvalue weighted by Crippen LogP contribution is -2.48. The fraction of sp³-hybridized carbons (Fsp3) is 0.348. The van der Waals surface area contributed by atoms with E-state index in [0.717, 1.165) is 55.1 Å². The van der Waals surface area contributed by atoms with Gasteiger partial charge in [-0.2, -0.15) is 0 Å². The lowest BCUT2D eigenvalue weighted by molar-refractivity contribution is -0.117. The fourth-order valence-electron chi connectivity index (χ4n) is 3.73. The predicted molar refractivity (Wildman–Crippen MR) is 119 cm³/mol. The third-order valence-electron chi connectivity index (χ3n) is 5.40. The number of fused-ring (bicyclic) bond motifs is 1. The van der Waals surface area contributed by atoms with Gasteiger partial charge in [0.05, 0.1) is 5.57 Å². The lowest BCUT2D eigenvalue weighted by Gasteiger charge is -2.34. The highest BCUT2D eigenvalue weighted by molar-refractivity contribution is 9.10. The van der Waals surface area contributed by atoms with E-state index in [1.54, 1.807) is 0 Å². The number of carbonyl (C=O) groups is 1. The maximum Gasteiger partial charge on any atom is 0.250 e. The van der Waals surface area contributed by atoms with E-state index < -0.39 is 0 Å². The number of hydrogen-bond donors (Lipinski definition) is 1. The van der Waals surface area contributed by atoms with Gasteiger partial charge >= 0.3 is 0 Å². The Kier molecular flexibility index (Phi) is 6.64. The molecule has 4 rings (SSSR count). The standard InChI is InChI=1S/C23H26BrN3O2/c24-21-6-7-22-19(15-21)14-20(17-29-22)23(28)25-8-9-26-10-12-27(13-11-26)16-18-4-2-1-3-5-18/h1-7,14-15H,8-13,16-17H2,(H,25,28). The van der Waals surface area contributed by atoms with E-state index in [4.69, 9.17) is 4.74 Å². The van der Waals surface area contributed by atoms with Gasteiger partial charge in [-0.05, 0) is 29.8 Å². The Labute approximate surface area is 180 Å². The summed E-state index contributed by atoms with van der Waals surface area (Å²) in [5.41, 5.74) is 2.97. The third-order valence-corrected chi connectivity index (χ3v) is 5.90. The molecule has 0 aromatic heterocycles. The van der Waals surface area contributed by atoms with Crippen molar-refractivity contribution in [2.24, 2.45) is 0 Å². The van der Waals surface area contributed by atoms with Crippen molar-refractivity contribution >= 4 is 27.9 Å². The molecule has 2 aromatic rings. The largest absolute Gasteiger partial charge is 0.488 e. The van der Waals surface area contributed by atoms with Crippen LogP contribution in [0.5, 0.6) is 5.75 Å². The Balaban J connectivity index is 1.20. The highest BCUT2D eigenvalue weighted by Gasteiger charge is 2.19. The minimum absolute atomic E-state index is 0.0432. The number of benzene rings is 2. The van der Waals surface area contributed by atoms with E-state index in [0.29, 0.717) is 18.7 Å². The van der Waals surface area contributed by atoms with E-state index in [9.17, 15) is 4.79 Å². The molecule has 152 valence electrons. The molecule has 0 spiro atoms. The van der Waals surface area contributed by atoms with Gasteiger partial charge in [0.25, 0.3) is 5.91 Å². The van der Waals surface area contributed by atoms with Crippen molar-refractivity contribution in [2.45, 2.75) is 6.54 Å². The van der Waals surface area contributed by atoms with Crippen LogP contribution >= 0.6 is 15.9 Å². The lowest BCUT2D eigenvalue weighted by atomic mass is 10.1. The van der Waals surface area contributed by atoms with Gasteiger partial charge in [0.2, 0.25) is 0 Å². The molecule has 29 heavy (non-hydrogen) atoms. The van der Waals surface area contributed by atoms with Crippen LogP contribution in [0, 0.1) is 0 Å². The molecule has 2 aliphatic heterocycles. The summed E-state index contributed by atoms with van der Waals surface area (Å²) >= 11 is 3.46. The summed E-state index contributed by atoms with van der Waals surface area (Å²) in [5, 5.41) is 3.04. The second-order valence-corrected chi connectivity index (χ2v) is 8.42. The van der Waals surface area contributed by atoms with Gasteiger partial charge in [-0.3, -0.25) is 14.6 Å². The number of amides is 1. The summed E-state index contributed by atoms with van der Waals surface area (Å²) in [6, 6.07) is 16.4. The highest BCUT2D eigenvalue weighted by Crippen LogP contribution is 2.29. The number of carbonyl (C=O) groups excluding carboxylic acids is 1. The number of hydrogen-bond acceptors (Lipinski definition) is 4. The maximum atomic E-state index is 12.5. The predicted octanol–water partition coefficient (Wildman–Crippen LogP) is 3.16. The second kappa shape index (κ2) is 9.57. The molecule has 1 amide bonds. The molecule has 0 unspecified atom stereocenters. The van der Waals surface area contributed by atoms with Crippen molar-refractivity contribution in [3.63, 3.8) is 0 Å². The van der Waals surface area contributed by atoms with Gasteiger partial charge in [-0.15, -0.1) is 0 Å². The van der Waals surface area contributed by atoms with Gasteiger partial charge in [-0.1, -0.05) is 46.3 Å². The van der Waals surface area contributed by atoms with Gasteiger partial charge < -0.3 is 10.1 Å². The summed E-state index contributed by atoms with van der Waals surface area (Å²) in [5.74, 6) is 0.775. The Morgan fingerprint density at radius 1 is 1.03 bits per heavy atom. The van der Waals surface area contributed by atoms with Gasteiger partial charge in [0, 0.05) is 55.8 Å². The molecule has 0 radical (unpaired) electrons. The van der Waals surface area contributed by atoms with Crippen LogP contribution in [-0.4, -0.2) is 61.6 Å². The van der Waals surface area contributed by atoms with E-state index in [1.165, 1.54) is 5.56 Å². The van der Waals surface area contributed by atoms with Crippen LogP contribution < -0.4 is 10.1 Å². The summed E-state index contributed by atoms with van der Waals surface area (Å²) in [6.45, 7) is 7.06. The number of piperazine rings is 1. The van der Waals surface area contributed by atoms with Crippen molar-refractivity contribution in [1.29, 1.82) is 0 Å². The molecular formula is C23H26BrN3O2. The minimum atomic E-state index is -0.0432. The van der Waals surface area contributed by atoms with E-state index >= 15 is 0 Å². The van der Waals surface area contributed by atoms with Gasteiger partial charge in [0.15, 0.2) is 0 Å². The monoisotopic (exact) mass is 455 g/mol. The first-order valence-corrected chi connectivity index (χ1v) is 10.9. The Morgan fingerprint density at radius 2 is 1.79 bits per heavy atom. The van der Waals surface area contributed by atoms with Crippen molar-refractivity contribution in [1.82, 2.24) is 15.1 Å². The van der Waals surface area contributed by atoms with Crippen LogP contribution in [0.25, 0.3) is 6.08 Å². The average Bonchev–Trinajstić information content (AvgIpc) is 2.75. The first-order chi connectivity index (χ1) is 14.2.